The normalized spacial score (nSPS) is 10.4. The maximum absolute atomic E-state index is 12.7. The summed E-state index contributed by atoms with van der Waals surface area (Å²) < 4.78 is 16.5. The highest BCUT2D eigenvalue weighted by atomic mass is 16.5. The summed E-state index contributed by atoms with van der Waals surface area (Å²) in [6.07, 6.45) is 1.56. The van der Waals surface area contributed by atoms with Crippen molar-refractivity contribution in [1.82, 2.24) is 5.32 Å². The molecule has 3 aromatic carbocycles. The van der Waals surface area contributed by atoms with Crippen molar-refractivity contribution in [2.24, 2.45) is 0 Å². The third-order valence-corrected chi connectivity index (χ3v) is 4.87. The minimum absolute atomic E-state index is 0.227. The number of anilines is 1. The lowest BCUT2D eigenvalue weighted by Crippen LogP contribution is -2.22. The van der Waals surface area contributed by atoms with E-state index < -0.39 is 0 Å². The van der Waals surface area contributed by atoms with Crippen LogP contribution >= 0.6 is 0 Å². The molecule has 0 unspecified atom stereocenters. The van der Waals surface area contributed by atoms with Gasteiger partial charge < -0.3 is 24.5 Å². The van der Waals surface area contributed by atoms with Gasteiger partial charge in [-0.15, -0.1) is 0 Å². The number of furan rings is 1. The highest BCUT2D eigenvalue weighted by Crippen LogP contribution is 2.17. The van der Waals surface area contributed by atoms with Crippen molar-refractivity contribution in [3.8, 4) is 11.5 Å². The van der Waals surface area contributed by atoms with Crippen molar-refractivity contribution >= 4 is 17.5 Å². The molecule has 0 saturated heterocycles. The second kappa shape index (κ2) is 11.4. The summed E-state index contributed by atoms with van der Waals surface area (Å²) in [7, 11) is 0. The molecular weight excluding hydrogens is 432 g/mol. The number of para-hydroxylation sites is 1. The largest absolute Gasteiger partial charge is 0.490 e. The number of carbonyl (C=O) groups is 2. The third-order valence-electron chi connectivity index (χ3n) is 4.87. The van der Waals surface area contributed by atoms with Gasteiger partial charge in [0.2, 0.25) is 0 Å². The van der Waals surface area contributed by atoms with E-state index in [9.17, 15) is 9.59 Å². The van der Waals surface area contributed by atoms with Gasteiger partial charge in [-0.2, -0.15) is 0 Å². The fraction of sp³-hybridized carbons (Fsp3) is 0.111. The van der Waals surface area contributed by atoms with Crippen molar-refractivity contribution < 1.29 is 23.5 Å². The van der Waals surface area contributed by atoms with Crippen LogP contribution in [0.4, 0.5) is 5.69 Å². The van der Waals surface area contributed by atoms with Crippen molar-refractivity contribution in [1.29, 1.82) is 0 Å². The summed E-state index contributed by atoms with van der Waals surface area (Å²) in [5, 5.41) is 5.61. The molecule has 0 saturated carbocycles. The first kappa shape index (κ1) is 22.7. The molecule has 2 N–H and O–H groups in total. The van der Waals surface area contributed by atoms with Crippen LogP contribution in [0.2, 0.25) is 0 Å². The van der Waals surface area contributed by atoms with Gasteiger partial charge in [0.05, 0.1) is 12.8 Å². The molecule has 1 heterocycles. The van der Waals surface area contributed by atoms with Crippen LogP contribution in [0, 0.1) is 0 Å². The van der Waals surface area contributed by atoms with Crippen molar-refractivity contribution in [2.45, 2.75) is 6.54 Å². The van der Waals surface area contributed by atoms with Crippen molar-refractivity contribution in [2.75, 3.05) is 18.5 Å². The topological polar surface area (TPSA) is 89.8 Å². The minimum atomic E-state index is -0.277. The number of ether oxygens (including phenoxy) is 2. The van der Waals surface area contributed by atoms with Crippen LogP contribution in [0.3, 0.4) is 0 Å². The smallest absolute Gasteiger partial charge is 0.255 e. The van der Waals surface area contributed by atoms with Crippen molar-refractivity contribution in [3.05, 3.63) is 114 Å². The SMILES string of the molecule is O=C(NCc1ccco1)c1ccc(NC(=O)c2cccc(OCCOc3ccccc3)c2)cc1. The molecule has 172 valence electrons. The summed E-state index contributed by atoms with van der Waals surface area (Å²) >= 11 is 0. The van der Waals surface area contributed by atoms with Crippen LogP contribution in [0.1, 0.15) is 26.5 Å². The number of rotatable bonds is 10. The van der Waals surface area contributed by atoms with E-state index in [2.05, 4.69) is 10.6 Å². The Morgan fingerprint density at radius 3 is 2.18 bits per heavy atom. The van der Waals surface area contributed by atoms with E-state index in [1.54, 1.807) is 66.9 Å². The Hall–Kier alpha value is -4.52. The van der Waals surface area contributed by atoms with Gasteiger partial charge >= 0.3 is 0 Å². The van der Waals surface area contributed by atoms with E-state index in [0.29, 0.717) is 48.1 Å². The summed E-state index contributed by atoms with van der Waals surface area (Å²) in [5.41, 5.74) is 1.52. The Balaban J connectivity index is 1.26. The molecule has 2 amide bonds. The van der Waals surface area contributed by atoms with Gasteiger partial charge in [0.25, 0.3) is 11.8 Å². The summed E-state index contributed by atoms with van der Waals surface area (Å²) in [5.74, 6) is 1.52. The van der Waals surface area contributed by atoms with E-state index in [1.807, 2.05) is 30.3 Å². The monoisotopic (exact) mass is 456 g/mol. The van der Waals surface area contributed by atoms with Crippen molar-refractivity contribution in [3.63, 3.8) is 0 Å². The second-order valence-corrected chi connectivity index (χ2v) is 7.33. The van der Waals surface area contributed by atoms with Gasteiger partial charge in [-0.3, -0.25) is 9.59 Å². The maximum Gasteiger partial charge on any atom is 0.255 e. The van der Waals surface area contributed by atoms with Gasteiger partial charge in [-0.25, -0.2) is 0 Å². The Kier molecular flexibility index (Phi) is 7.58. The molecule has 0 aliphatic heterocycles. The molecule has 1 aromatic heterocycles. The van der Waals surface area contributed by atoms with E-state index in [1.165, 1.54) is 0 Å². The van der Waals surface area contributed by atoms with E-state index >= 15 is 0 Å². The molecule has 0 spiro atoms. The number of benzene rings is 3. The van der Waals surface area contributed by atoms with Crippen LogP contribution in [-0.4, -0.2) is 25.0 Å². The van der Waals surface area contributed by atoms with Crippen LogP contribution in [0.5, 0.6) is 11.5 Å². The zero-order valence-corrected chi connectivity index (χ0v) is 18.4. The quantitative estimate of drug-likeness (QED) is 0.331. The number of hydrogen-bond donors (Lipinski definition) is 2. The molecule has 7 heteroatoms. The van der Waals surface area contributed by atoms with E-state index in [4.69, 9.17) is 13.9 Å². The van der Waals surface area contributed by atoms with Gasteiger partial charge in [0.15, 0.2) is 0 Å². The predicted molar refractivity (Wildman–Crippen MR) is 128 cm³/mol. The average Bonchev–Trinajstić information content (AvgIpc) is 3.40. The number of hydrogen-bond acceptors (Lipinski definition) is 5. The van der Waals surface area contributed by atoms with Crippen LogP contribution < -0.4 is 20.1 Å². The molecule has 0 fully saturated rings. The molecule has 0 atom stereocenters. The minimum Gasteiger partial charge on any atom is -0.490 e. The fourth-order valence-corrected chi connectivity index (χ4v) is 3.15. The number of nitrogens with one attached hydrogen (secondary N) is 2. The second-order valence-electron chi connectivity index (χ2n) is 7.33. The van der Waals surface area contributed by atoms with E-state index in [0.717, 1.165) is 5.75 Å². The molecule has 0 aliphatic carbocycles. The lowest BCUT2D eigenvalue weighted by atomic mass is 10.1. The number of carbonyl (C=O) groups excluding carboxylic acids is 2. The molecule has 0 aliphatic rings. The lowest BCUT2D eigenvalue weighted by molar-refractivity contribution is 0.0947. The summed E-state index contributed by atoms with van der Waals surface area (Å²) in [4.78, 5) is 24.9. The first-order valence-electron chi connectivity index (χ1n) is 10.8. The molecule has 0 radical (unpaired) electrons. The Labute approximate surface area is 197 Å². The first-order valence-corrected chi connectivity index (χ1v) is 10.8. The first-order chi connectivity index (χ1) is 16.7. The Morgan fingerprint density at radius 1 is 0.706 bits per heavy atom. The van der Waals surface area contributed by atoms with Gasteiger partial charge in [0, 0.05) is 16.8 Å². The zero-order valence-electron chi connectivity index (χ0n) is 18.4. The summed E-state index contributed by atoms with van der Waals surface area (Å²) in [6, 6.07) is 26.6. The fourth-order valence-electron chi connectivity index (χ4n) is 3.15. The Morgan fingerprint density at radius 2 is 1.44 bits per heavy atom. The van der Waals surface area contributed by atoms with Crippen LogP contribution in [0.15, 0.2) is 102 Å². The molecule has 7 nitrogen and oxygen atoms in total. The molecule has 4 aromatic rings. The molecule has 0 bridgehead atoms. The predicted octanol–water partition coefficient (Wildman–Crippen LogP) is 4.92. The van der Waals surface area contributed by atoms with Gasteiger partial charge in [-0.1, -0.05) is 24.3 Å². The van der Waals surface area contributed by atoms with Crippen LogP contribution in [-0.2, 0) is 6.54 Å². The van der Waals surface area contributed by atoms with Gasteiger partial charge in [-0.05, 0) is 66.7 Å². The standard InChI is InChI=1S/C27H24N2O5/c30-26(28-19-25-10-5-15-32-25)20-11-13-22(14-12-20)29-27(31)21-6-4-9-24(18-21)34-17-16-33-23-7-2-1-3-8-23/h1-15,18H,16-17,19H2,(H,28,30)(H,29,31). The summed E-state index contributed by atoms with van der Waals surface area (Å²) in [6.45, 7) is 1.05. The molecule has 4 rings (SSSR count). The average molecular weight is 456 g/mol. The third kappa shape index (κ3) is 6.49. The molecule has 34 heavy (non-hydrogen) atoms. The van der Waals surface area contributed by atoms with E-state index in [-0.39, 0.29) is 11.8 Å². The maximum atomic E-state index is 12.7. The lowest BCUT2D eigenvalue weighted by Gasteiger charge is -2.10. The zero-order chi connectivity index (χ0) is 23.6. The highest BCUT2D eigenvalue weighted by molar-refractivity contribution is 6.04. The molecular formula is C27H24N2O5. The number of amides is 2. The highest BCUT2D eigenvalue weighted by Gasteiger charge is 2.10. The van der Waals surface area contributed by atoms with Gasteiger partial charge in [0.1, 0.15) is 30.5 Å². The Bertz CT molecular complexity index is 1210. The van der Waals surface area contributed by atoms with Crippen LogP contribution in [0.25, 0.3) is 0 Å².